The summed E-state index contributed by atoms with van der Waals surface area (Å²) in [6.45, 7) is 4.20. The quantitative estimate of drug-likeness (QED) is 0.452. The van der Waals surface area contributed by atoms with E-state index >= 15 is 0 Å². The summed E-state index contributed by atoms with van der Waals surface area (Å²) in [6, 6.07) is 20.2. The number of fused-ring (bicyclic) bond motifs is 1. The minimum Gasteiger partial charge on any atom is -0.550 e. The Kier molecular flexibility index (Phi) is 6.03. The molecule has 0 N–H and O–H groups in total. The number of rotatable bonds is 7. The number of pyridine rings is 1. The van der Waals surface area contributed by atoms with Crippen LogP contribution in [0.25, 0.3) is 10.9 Å². The normalized spacial score (nSPS) is 10.9. The number of hydrogen-bond donors (Lipinski definition) is 0. The van der Waals surface area contributed by atoms with Crippen molar-refractivity contribution in [2.45, 2.75) is 26.7 Å². The van der Waals surface area contributed by atoms with E-state index in [1.54, 1.807) is 35.8 Å². The van der Waals surface area contributed by atoms with Crippen molar-refractivity contribution in [1.82, 2.24) is 9.55 Å². The topological polar surface area (TPSA) is 84.2 Å². The largest absolute Gasteiger partial charge is 0.550 e. The smallest absolute Gasteiger partial charge is 0.262 e. The van der Waals surface area contributed by atoms with Crippen LogP contribution in [0.15, 0.2) is 66.7 Å². The molecular weight excluding hydrogens is 404 g/mol. The van der Waals surface area contributed by atoms with Gasteiger partial charge in [-0.15, -0.1) is 0 Å². The van der Waals surface area contributed by atoms with Crippen molar-refractivity contribution in [1.29, 1.82) is 0 Å². The minimum absolute atomic E-state index is 0.223. The molecule has 0 aliphatic carbocycles. The number of aromatic nitrogens is 2. The molecule has 0 radical (unpaired) electrons. The predicted molar refractivity (Wildman–Crippen MR) is 120 cm³/mol. The van der Waals surface area contributed by atoms with Gasteiger partial charge in [-0.2, -0.15) is 0 Å². The van der Waals surface area contributed by atoms with Gasteiger partial charge in [0.15, 0.2) is 0 Å². The van der Waals surface area contributed by atoms with Gasteiger partial charge in [-0.3, -0.25) is 14.3 Å². The molecule has 0 saturated heterocycles. The number of aryl methyl sites for hydroxylation is 1. The van der Waals surface area contributed by atoms with Gasteiger partial charge in [0.05, 0.1) is 12.1 Å². The van der Waals surface area contributed by atoms with Crippen molar-refractivity contribution in [3.05, 3.63) is 94.9 Å². The van der Waals surface area contributed by atoms with Gasteiger partial charge in [-0.25, -0.2) is 0 Å². The molecule has 0 spiro atoms. The summed E-state index contributed by atoms with van der Waals surface area (Å²) < 4.78 is 7.36. The van der Waals surface area contributed by atoms with E-state index in [0.29, 0.717) is 41.1 Å². The first kappa shape index (κ1) is 21.3. The summed E-state index contributed by atoms with van der Waals surface area (Å²) in [7, 11) is 0. The highest BCUT2D eigenvalue weighted by Gasteiger charge is 2.19. The number of hydrogen-bond acceptors (Lipinski definition) is 5. The second kappa shape index (κ2) is 9.06. The molecule has 0 aliphatic heterocycles. The van der Waals surface area contributed by atoms with Crippen LogP contribution < -0.4 is 9.84 Å². The van der Waals surface area contributed by atoms with Crippen molar-refractivity contribution >= 4 is 22.8 Å². The van der Waals surface area contributed by atoms with E-state index in [2.05, 4.69) is 4.98 Å². The molecule has 0 fully saturated rings. The Bertz CT molecular complexity index is 1290. The van der Waals surface area contributed by atoms with Crippen LogP contribution in [0.1, 0.15) is 33.0 Å². The van der Waals surface area contributed by atoms with Crippen molar-refractivity contribution in [3.8, 4) is 5.75 Å². The minimum atomic E-state index is -1.18. The van der Waals surface area contributed by atoms with Gasteiger partial charge in [0, 0.05) is 46.8 Å². The number of benzene rings is 2. The lowest BCUT2D eigenvalue weighted by Gasteiger charge is -2.10. The number of nitrogens with zero attached hydrogens (tertiary/aromatic N) is 2. The maximum atomic E-state index is 13.3. The van der Waals surface area contributed by atoms with Crippen LogP contribution in [0.5, 0.6) is 5.75 Å². The van der Waals surface area contributed by atoms with Crippen molar-refractivity contribution in [2.24, 2.45) is 0 Å². The van der Waals surface area contributed by atoms with Crippen molar-refractivity contribution < 1.29 is 19.4 Å². The Morgan fingerprint density at radius 2 is 1.72 bits per heavy atom. The molecule has 0 aliphatic rings. The lowest BCUT2D eigenvalue weighted by Crippen LogP contribution is -2.24. The van der Waals surface area contributed by atoms with Crippen LogP contribution in [-0.2, 0) is 17.6 Å². The highest BCUT2D eigenvalue weighted by atomic mass is 16.5. The van der Waals surface area contributed by atoms with Crippen LogP contribution in [0.4, 0.5) is 0 Å². The first-order valence-electron chi connectivity index (χ1n) is 10.4. The molecule has 2 aromatic carbocycles. The fraction of sp³-hybridized carbons (Fsp3) is 0.192. The summed E-state index contributed by atoms with van der Waals surface area (Å²) >= 11 is 0. The summed E-state index contributed by atoms with van der Waals surface area (Å²) in [5.74, 6) is -0.731. The first-order valence-corrected chi connectivity index (χ1v) is 10.4. The molecule has 32 heavy (non-hydrogen) atoms. The third-order valence-corrected chi connectivity index (χ3v) is 5.44. The summed E-state index contributed by atoms with van der Waals surface area (Å²) in [5, 5.41) is 12.0. The summed E-state index contributed by atoms with van der Waals surface area (Å²) in [4.78, 5) is 29.0. The number of aliphatic carboxylic acids is 1. The Hall–Kier alpha value is -3.93. The predicted octanol–water partition coefficient (Wildman–Crippen LogP) is 3.26. The van der Waals surface area contributed by atoms with E-state index in [1.807, 2.05) is 49.4 Å². The van der Waals surface area contributed by atoms with E-state index in [9.17, 15) is 14.7 Å². The van der Waals surface area contributed by atoms with Gasteiger partial charge in [-0.1, -0.05) is 24.3 Å². The molecule has 0 amide bonds. The number of carboxylic acids is 1. The molecule has 2 heterocycles. The Morgan fingerprint density at radius 1 is 0.969 bits per heavy atom. The number of ether oxygens (including phenoxy) is 1. The highest BCUT2D eigenvalue weighted by Crippen LogP contribution is 2.27. The fourth-order valence-electron chi connectivity index (χ4n) is 3.90. The third kappa shape index (κ3) is 4.39. The fourth-order valence-corrected chi connectivity index (χ4v) is 3.90. The molecule has 0 bridgehead atoms. The van der Waals surface area contributed by atoms with E-state index in [-0.39, 0.29) is 12.3 Å². The van der Waals surface area contributed by atoms with Gasteiger partial charge in [0.2, 0.25) is 0 Å². The van der Waals surface area contributed by atoms with E-state index in [4.69, 9.17) is 4.74 Å². The standard InChI is InChI=1S/C26H24N2O4/c1-17-6-5-7-20(27-17)14-15-32-21-12-10-19(11-13-21)26(31)28-18(2)23(16-25(29)30)22-8-3-4-9-24(22)28/h3-13H,14-16H2,1-2H3,(H,29,30)/p-1. The van der Waals surface area contributed by atoms with Crippen molar-refractivity contribution in [2.75, 3.05) is 6.61 Å². The zero-order valence-electron chi connectivity index (χ0n) is 18.0. The number of carbonyl (C=O) groups is 2. The molecule has 0 saturated carbocycles. The van der Waals surface area contributed by atoms with Gasteiger partial charge in [0.25, 0.3) is 5.91 Å². The van der Waals surface area contributed by atoms with Crippen LogP contribution in [0.2, 0.25) is 0 Å². The molecule has 2 aromatic heterocycles. The third-order valence-electron chi connectivity index (χ3n) is 5.44. The molecule has 0 atom stereocenters. The average molecular weight is 427 g/mol. The van der Waals surface area contributed by atoms with Gasteiger partial charge in [0.1, 0.15) is 5.75 Å². The Balaban J connectivity index is 1.52. The average Bonchev–Trinajstić information content (AvgIpc) is 3.05. The van der Waals surface area contributed by atoms with Gasteiger partial charge < -0.3 is 14.6 Å². The zero-order chi connectivity index (χ0) is 22.7. The SMILES string of the molecule is Cc1cccc(CCOc2ccc(C(=O)n3c(C)c(CC(=O)[O-])c4ccccc43)cc2)n1. The van der Waals surface area contributed by atoms with Gasteiger partial charge in [-0.05, 0) is 61.9 Å². The molecule has 6 heteroatoms. The monoisotopic (exact) mass is 427 g/mol. The second-order valence-corrected chi connectivity index (χ2v) is 7.66. The van der Waals surface area contributed by atoms with E-state index < -0.39 is 5.97 Å². The zero-order valence-corrected chi connectivity index (χ0v) is 18.0. The van der Waals surface area contributed by atoms with Crippen LogP contribution >= 0.6 is 0 Å². The lowest BCUT2D eigenvalue weighted by molar-refractivity contribution is -0.304. The van der Waals surface area contributed by atoms with Crippen LogP contribution in [-0.4, -0.2) is 28.0 Å². The molecule has 6 nitrogen and oxygen atoms in total. The van der Waals surface area contributed by atoms with Gasteiger partial charge >= 0.3 is 0 Å². The second-order valence-electron chi connectivity index (χ2n) is 7.66. The van der Waals surface area contributed by atoms with Crippen LogP contribution in [0, 0.1) is 13.8 Å². The first-order chi connectivity index (χ1) is 15.4. The summed E-state index contributed by atoms with van der Waals surface area (Å²) in [5.41, 5.74) is 4.31. The molecule has 4 aromatic rings. The van der Waals surface area contributed by atoms with Crippen molar-refractivity contribution in [3.63, 3.8) is 0 Å². The summed E-state index contributed by atoms with van der Waals surface area (Å²) in [6.07, 6.45) is 0.452. The number of para-hydroxylation sites is 1. The maximum absolute atomic E-state index is 13.3. The Morgan fingerprint density at radius 3 is 2.44 bits per heavy atom. The van der Waals surface area contributed by atoms with E-state index in [1.165, 1.54) is 0 Å². The Labute approximate surface area is 186 Å². The molecule has 162 valence electrons. The molecule has 0 unspecified atom stereocenters. The number of carboxylic acid groups (broad SMARTS) is 1. The molecule has 4 rings (SSSR count). The number of carbonyl (C=O) groups excluding carboxylic acids is 2. The lowest BCUT2D eigenvalue weighted by atomic mass is 10.1. The maximum Gasteiger partial charge on any atom is 0.262 e. The van der Waals surface area contributed by atoms with E-state index in [0.717, 1.165) is 16.8 Å². The highest BCUT2D eigenvalue weighted by molar-refractivity contribution is 6.04. The van der Waals surface area contributed by atoms with Crippen LogP contribution in [0.3, 0.4) is 0 Å². The molecular formula is C26H23N2O4-.